The molecule has 1 aromatic heterocycles. The lowest BCUT2D eigenvalue weighted by Gasteiger charge is -2.20. The highest BCUT2D eigenvalue weighted by Crippen LogP contribution is 2.23. The topological polar surface area (TPSA) is 29.9 Å². The summed E-state index contributed by atoms with van der Waals surface area (Å²) in [5, 5.41) is 7.72. The average Bonchev–Trinajstić information content (AvgIpc) is 2.81. The number of benzene rings is 1. The molecule has 1 heterocycles. The van der Waals surface area contributed by atoms with Gasteiger partial charge >= 0.3 is 0 Å². The summed E-state index contributed by atoms with van der Waals surface area (Å²) in [6.45, 7) is 9.76. The van der Waals surface area contributed by atoms with Crippen LogP contribution in [0, 0.1) is 0 Å². The molecule has 1 unspecified atom stereocenters. The molecule has 3 nitrogen and oxygen atoms in total. The van der Waals surface area contributed by atoms with Crippen molar-refractivity contribution in [3.05, 3.63) is 53.3 Å². The van der Waals surface area contributed by atoms with Crippen LogP contribution in [0.25, 0.3) is 0 Å². The van der Waals surface area contributed by atoms with E-state index in [1.54, 1.807) is 0 Å². The highest BCUT2D eigenvalue weighted by molar-refractivity contribution is 5.29. The van der Waals surface area contributed by atoms with Gasteiger partial charge in [0, 0.05) is 25.8 Å². The fourth-order valence-electron chi connectivity index (χ4n) is 2.22. The van der Waals surface area contributed by atoms with Crippen LogP contribution in [0.3, 0.4) is 0 Å². The number of rotatable bonds is 4. The standard InChI is InChI=1S/C17H25N3/c1-13(18-12-16-10-11-19-20(16)5)14-6-8-15(9-7-14)17(2,3)4/h6-11,13,18H,12H2,1-5H3. The van der Waals surface area contributed by atoms with Crippen molar-refractivity contribution in [3.8, 4) is 0 Å². The second kappa shape index (κ2) is 5.80. The molecule has 0 bridgehead atoms. The molecule has 20 heavy (non-hydrogen) atoms. The minimum atomic E-state index is 0.212. The first-order valence-corrected chi connectivity index (χ1v) is 7.18. The van der Waals surface area contributed by atoms with Crippen molar-refractivity contribution in [1.82, 2.24) is 15.1 Å². The monoisotopic (exact) mass is 271 g/mol. The summed E-state index contributed by atoms with van der Waals surface area (Å²) in [4.78, 5) is 0. The minimum Gasteiger partial charge on any atom is -0.305 e. The third-order valence-corrected chi connectivity index (χ3v) is 3.79. The Morgan fingerprint density at radius 1 is 1.15 bits per heavy atom. The van der Waals surface area contributed by atoms with Gasteiger partial charge in [-0.05, 0) is 29.5 Å². The number of aryl methyl sites for hydroxylation is 1. The van der Waals surface area contributed by atoms with E-state index in [0.717, 1.165) is 6.54 Å². The lowest BCUT2D eigenvalue weighted by atomic mass is 9.86. The summed E-state index contributed by atoms with van der Waals surface area (Å²) in [5.41, 5.74) is 4.10. The summed E-state index contributed by atoms with van der Waals surface area (Å²) in [7, 11) is 1.97. The molecular formula is C17H25N3. The normalized spacial score (nSPS) is 13.4. The fraction of sp³-hybridized carbons (Fsp3) is 0.471. The van der Waals surface area contributed by atoms with Gasteiger partial charge in [0.05, 0.1) is 5.69 Å². The average molecular weight is 271 g/mol. The van der Waals surface area contributed by atoms with E-state index < -0.39 is 0 Å². The van der Waals surface area contributed by atoms with E-state index in [1.165, 1.54) is 16.8 Å². The summed E-state index contributed by atoms with van der Waals surface area (Å²) in [6, 6.07) is 11.3. The smallest absolute Gasteiger partial charge is 0.0518 e. The highest BCUT2D eigenvalue weighted by Gasteiger charge is 2.14. The first-order valence-electron chi connectivity index (χ1n) is 7.18. The van der Waals surface area contributed by atoms with Crippen LogP contribution in [0.1, 0.15) is 50.6 Å². The third kappa shape index (κ3) is 3.48. The van der Waals surface area contributed by atoms with E-state index in [2.05, 4.69) is 62.4 Å². The Kier molecular flexibility index (Phi) is 4.29. The molecule has 0 aliphatic heterocycles. The molecule has 0 fully saturated rings. The Bertz CT molecular complexity index is 546. The zero-order valence-electron chi connectivity index (χ0n) is 13.1. The Balaban J connectivity index is 1.99. The molecule has 2 aromatic rings. The molecule has 0 aliphatic rings. The van der Waals surface area contributed by atoms with Crippen LogP contribution in [0.15, 0.2) is 36.5 Å². The lowest BCUT2D eigenvalue weighted by molar-refractivity contribution is 0.546. The van der Waals surface area contributed by atoms with Crippen LogP contribution in [0.5, 0.6) is 0 Å². The summed E-state index contributed by atoms with van der Waals surface area (Å²) in [5.74, 6) is 0. The largest absolute Gasteiger partial charge is 0.305 e. The molecule has 0 saturated carbocycles. The quantitative estimate of drug-likeness (QED) is 0.921. The SMILES string of the molecule is CC(NCc1ccnn1C)c1ccc(C(C)(C)C)cc1. The van der Waals surface area contributed by atoms with Gasteiger partial charge in [-0.2, -0.15) is 5.10 Å². The third-order valence-electron chi connectivity index (χ3n) is 3.79. The van der Waals surface area contributed by atoms with Gasteiger partial charge in [-0.15, -0.1) is 0 Å². The van der Waals surface area contributed by atoms with Crippen molar-refractivity contribution in [2.75, 3.05) is 0 Å². The second-order valence-corrected chi connectivity index (χ2v) is 6.42. The molecule has 1 aromatic carbocycles. The predicted molar refractivity (Wildman–Crippen MR) is 83.6 cm³/mol. The Labute approximate surface area is 122 Å². The van der Waals surface area contributed by atoms with Gasteiger partial charge in [-0.1, -0.05) is 45.0 Å². The van der Waals surface area contributed by atoms with E-state index in [9.17, 15) is 0 Å². The molecule has 0 aliphatic carbocycles. The van der Waals surface area contributed by atoms with Crippen molar-refractivity contribution < 1.29 is 0 Å². The molecule has 3 heteroatoms. The van der Waals surface area contributed by atoms with E-state index in [0.29, 0.717) is 6.04 Å². The molecule has 1 N–H and O–H groups in total. The van der Waals surface area contributed by atoms with Crippen molar-refractivity contribution in [2.24, 2.45) is 7.05 Å². The van der Waals surface area contributed by atoms with Crippen LogP contribution >= 0.6 is 0 Å². The number of hydrogen-bond donors (Lipinski definition) is 1. The molecule has 0 spiro atoms. The molecule has 2 rings (SSSR count). The summed E-state index contributed by atoms with van der Waals surface area (Å²) >= 11 is 0. The van der Waals surface area contributed by atoms with Gasteiger partial charge in [-0.3, -0.25) is 4.68 Å². The minimum absolute atomic E-state index is 0.212. The van der Waals surface area contributed by atoms with E-state index in [4.69, 9.17) is 0 Å². The molecule has 0 radical (unpaired) electrons. The van der Waals surface area contributed by atoms with Crippen LogP contribution < -0.4 is 5.32 Å². The van der Waals surface area contributed by atoms with Crippen molar-refractivity contribution >= 4 is 0 Å². The van der Waals surface area contributed by atoms with Gasteiger partial charge in [-0.25, -0.2) is 0 Å². The number of aromatic nitrogens is 2. The van der Waals surface area contributed by atoms with Crippen molar-refractivity contribution in [3.63, 3.8) is 0 Å². The van der Waals surface area contributed by atoms with Crippen LogP contribution in [-0.4, -0.2) is 9.78 Å². The number of nitrogens with one attached hydrogen (secondary N) is 1. The maximum Gasteiger partial charge on any atom is 0.0518 e. The molecule has 1 atom stereocenters. The number of nitrogens with zero attached hydrogens (tertiary/aromatic N) is 2. The first kappa shape index (κ1) is 14.8. The van der Waals surface area contributed by atoms with E-state index in [1.807, 2.05) is 24.0 Å². The highest BCUT2D eigenvalue weighted by atomic mass is 15.3. The van der Waals surface area contributed by atoms with E-state index >= 15 is 0 Å². The summed E-state index contributed by atoms with van der Waals surface area (Å²) in [6.07, 6.45) is 1.83. The molecule has 0 saturated heterocycles. The predicted octanol–water partition coefficient (Wildman–Crippen LogP) is 3.57. The zero-order chi connectivity index (χ0) is 14.8. The Morgan fingerprint density at radius 3 is 2.30 bits per heavy atom. The fourth-order valence-corrected chi connectivity index (χ4v) is 2.22. The number of hydrogen-bond acceptors (Lipinski definition) is 2. The maximum atomic E-state index is 4.18. The van der Waals surface area contributed by atoms with Gasteiger partial charge < -0.3 is 5.32 Å². The molecular weight excluding hydrogens is 246 g/mol. The lowest BCUT2D eigenvalue weighted by Crippen LogP contribution is -2.20. The van der Waals surface area contributed by atoms with Gasteiger partial charge in [0.25, 0.3) is 0 Å². The van der Waals surface area contributed by atoms with Crippen LogP contribution in [0.4, 0.5) is 0 Å². The Morgan fingerprint density at radius 2 is 1.80 bits per heavy atom. The van der Waals surface area contributed by atoms with E-state index in [-0.39, 0.29) is 5.41 Å². The van der Waals surface area contributed by atoms with Crippen LogP contribution in [0.2, 0.25) is 0 Å². The van der Waals surface area contributed by atoms with Gasteiger partial charge in [0.1, 0.15) is 0 Å². The maximum absolute atomic E-state index is 4.18. The second-order valence-electron chi connectivity index (χ2n) is 6.42. The molecule has 0 amide bonds. The van der Waals surface area contributed by atoms with Crippen molar-refractivity contribution in [1.29, 1.82) is 0 Å². The Hall–Kier alpha value is -1.61. The van der Waals surface area contributed by atoms with Gasteiger partial charge in [0.2, 0.25) is 0 Å². The molecule has 108 valence electrons. The summed E-state index contributed by atoms with van der Waals surface area (Å²) < 4.78 is 1.91. The zero-order valence-corrected chi connectivity index (χ0v) is 13.1. The first-order chi connectivity index (χ1) is 9.38. The van der Waals surface area contributed by atoms with Crippen molar-refractivity contribution in [2.45, 2.75) is 45.7 Å². The van der Waals surface area contributed by atoms with Crippen LogP contribution in [-0.2, 0) is 19.0 Å². The van der Waals surface area contributed by atoms with Gasteiger partial charge in [0.15, 0.2) is 0 Å².